The van der Waals surface area contributed by atoms with E-state index in [1.54, 1.807) is 0 Å². The summed E-state index contributed by atoms with van der Waals surface area (Å²) in [5.41, 5.74) is 5.95. The van der Waals surface area contributed by atoms with Crippen molar-refractivity contribution in [2.45, 2.75) is 44.3 Å². The monoisotopic (exact) mass is 140 g/mol. The van der Waals surface area contributed by atoms with Crippen LogP contribution in [0, 0.1) is 5.92 Å². The maximum Gasteiger partial charge on any atom is 0.0111 e. The van der Waals surface area contributed by atoms with Crippen molar-refractivity contribution in [2.24, 2.45) is 11.7 Å². The summed E-state index contributed by atoms with van der Waals surface area (Å²) in [6, 6.07) is 1.98. The Balaban J connectivity index is 2.06. The number of hydrogen-bond acceptors (Lipinski definition) is 2. The molecule has 58 valence electrons. The lowest BCUT2D eigenvalue weighted by Gasteiger charge is -2.26. The molecule has 1 aliphatic carbocycles. The Morgan fingerprint density at radius 2 is 2.30 bits per heavy atom. The van der Waals surface area contributed by atoms with Gasteiger partial charge in [0.1, 0.15) is 0 Å². The molecule has 10 heavy (non-hydrogen) atoms. The Morgan fingerprint density at radius 3 is 2.70 bits per heavy atom. The van der Waals surface area contributed by atoms with Crippen LogP contribution < -0.4 is 11.1 Å². The van der Waals surface area contributed by atoms with Gasteiger partial charge < -0.3 is 11.1 Å². The second kappa shape index (κ2) is 2.21. The predicted octanol–water partition coefficient (Wildman–Crippen LogP) is 0.474. The molecule has 0 aromatic carbocycles. The van der Waals surface area contributed by atoms with E-state index in [9.17, 15) is 0 Å². The normalized spacial score (nSPS) is 52.2. The van der Waals surface area contributed by atoms with Gasteiger partial charge >= 0.3 is 0 Å². The SMILES string of the molecule is CC[C@H]1N[C@@H]2C[C@H]1[C@H](N)C2. The lowest BCUT2D eigenvalue weighted by atomic mass is 9.94. The first-order valence-electron chi connectivity index (χ1n) is 4.33. The molecule has 2 aliphatic rings. The molecule has 2 rings (SSSR count). The zero-order valence-corrected chi connectivity index (χ0v) is 6.51. The molecule has 0 aromatic heterocycles. The highest BCUT2D eigenvalue weighted by atomic mass is 15.0. The average Bonchev–Trinajstić information content (AvgIpc) is 2.44. The van der Waals surface area contributed by atoms with Crippen LogP contribution in [-0.2, 0) is 0 Å². The second-order valence-electron chi connectivity index (χ2n) is 3.68. The molecule has 3 N–H and O–H groups in total. The fourth-order valence-corrected chi connectivity index (χ4v) is 2.55. The van der Waals surface area contributed by atoms with Crippen LogP contribution in [0.5, 0.6) is 0 Å². The van der Waals surface area contributed by atoms with E-state index in [4.69, 9.17) is 5.73 Å². The molecule has 1 aliphatic heterocycles. The van der Waals surface area contributed by atoms with Crippen LogP contribution in [0.2, 0.25) is 0 Å². The maximum atomic E-state index is 5.95. The molecule has 2 nitrogen and oxygen atoms in total. The van der Waals surface area contributed by atoms with Crippen molar-refractivity contribution in [1.82, 2.24) is 5.32 Å². The molecule has 2 bridgehead atoms. The van der Waals surface area contributed by atoms with Crippen LogP contribution in [0.1, 0.15) is 26.2 Å². The third-order valence-electron chi connectivity index (χ3n) is 3.07. The highest BCUT2D eigenvalue weighted by Gasteiger charge is 2.43. The quantitative estimate of drug-likeness (QED) is 0.556. The number of rotatable bonds is 1. The van der Waals surface area contributed by atoms with Gasteiger partial charge in [-0.3, -0.25) is 0 Å². The van der Waals surface area contributed by atoms with Gasteiger partial charge in [0.05, 0.1) is 0 Å². The van der Waals surface area contributed by atoms with Gasteiger partial charge in [0.2, 0.25) is 0 Å². The maximum absolute atomic E-state index is 5.95. The molecule has 0 spiro atoms. The topological polar surface area (TPSA) is 38.0 Å². The van der Waals surface area contributed by atoms with E-state index in [0.717, 1.165) is 18.0 Å². The summed E-state index contributed by atoms with van der Waals surface area (Å²) in [6.45, 7) is 2.24. The Morgan fingerprint density at radius 1 is 1.50 bits per heavy atom. The van der Waals surface area contributed by atoms with Crippen molar-refractivity contribution in [3.8, 4) is 0 Å². The summed E-state index contributed by atoms with van der Waals surface area (Å²) in [4.78, 5) is 0. The third-order valence-corrected chi connectivity index (χ3v) is 3.07. The molecule has 0 amide bonds. The number of fused-ring (bicyclic) bond motifs is 2. The first kappa shape index (κ1) is 6.62. The van der Waals surface area contributed by atoms with Gasteiger partial charge in [-0.1, -0.05) is 6.92 Å². The van der Waals surface area contributed by atoms with E-state index < -0.39 is 0 Å². The van der Waals surface area contributed by atoms with Gasteiger partial charge in [-0.2, -0.15) is 0 Å². The van der Waals surface area contributed by atoms with Crippen molar-refractivity contribution in [1.29, 1.82) is 0 Å². The first-order chi connectivity index (χ1) is 4.81. The van der Waals surface area contributed by atoms with Crippen LogP contribution in [0.25, 0.3) is 0 Å². The van der Waals surface area contributed by atoms with Crippen molar-refractivity contribution < 1.29 is 0 Å². The first-order valence-corrected chi connectivity index (χ1v) is 4.33. The van der Waals surface area contributed by atoms with Gasteiger partial charge in [-0.25, -0.2) is 0 Å². The molecule has 0 aromatic rings. The molecule has 2 heteroatoms. The van der Waals surface area contributed by atoms with Gasteiger partial charge in [0.25, 0.3) is 0 Å². The van der Waals surface area contributed by atoms with E-state index in [0.29, 0.717) is 6.04 Å². The minimum Gasteiger partial charge on any atom is -0.327 e. The largest absolute Gasteiger partial charge is 0.327 e. The molecule has 4 atom stereocenters. The van der Waals surface area contributed by atoms with E-state index in [2.05, 4.69) is 12.2 Å². The molecular weight excluding hydrogens is 124 g/mol. The predicted molar refractivity (Wildman–Crippen MR) is 41.7 cm³/mol. The molecule has 0 radical (unpaired) electrons. The van der Waals surface area contributed by atoms with Crippen LogP contribution in [0.3, 0.4) is 0 Å². The summed E-state index contributed by atoms with van der Waals surface area (Å²) in [6.07, 6.45) is 3.79. The standard InChI is InChI=1S/C8H16N2/c1-2-8-6-3-5(10-8)4-7(6)9/h5-8,10H,2-4,9H2,1H3/t5-,6+,7-,8-/m1/s1. The zero-order chi connectivity index (χ0) is 7.14. The number of nitrogens with two attached hydrogens (primary N) is 1. The summed E-state index contributed by atoms with van der Waals surface area (Å²) < 4.78 is 0. The van der Waals surface area contributed by atoms with Gasteiger partial charge in [-0.15, -0.1) is 0 Å². The molecule has 1 heterocycles. The summed E-state index contributed by atoms with van der Waals surface area (Å²) >= 11 is 0. The van der Waals surface area contributed by atoms with Crippen LogP contribution in [0.15, 0.2) is 0 Å². The Bertz CT molecular complexity index is 133. The highest BCUT2D eigenvalue weighted by molar-refractivity contribution is 5.02. The fraction of sp³-hybridized carbons (Fsp3) is 1.00. The highest BCUT2D eigenvalue weighted by Crippen LogP contribution is 2.35. The van der Waals surface area contributed by atoms with Crippen LogP contribution >= 0.6 is 0 Å². The van der Waals surface area contributed by atoms with Crippen molar-refractivity contribution >= 4 is 0 Å². The van der Waals surface area contributed by atoms with E-state index in [1.807, 2.05) is 0 Å². The third kappa shape index (κ3) is 0.789. The van der Waals surface area contributed by atoms with E-state index in [1.165, 1.54) is 19.3 Å². The second-order valence-corrected chi connectivity index (χ2v) is 3.68. The Labute approximate surface area is 62.2 Å². The number of piperidine rings is 1. The summed E-state index contributed by atoms with van der Waals surface area (Å²) in [7, 11) is 0. The molecular formula is C8H16N2. The zero-order valence-electron chi connectivity index (χ0n) is 6.51. The van der Waals surface area contributed by atoms with Gasteiger partial charge in [0.15, 0.2) is 0 Å². The molecule has 1 saturated carbocycles. The minimum absolute atomic E-state index is 0.496. The van der Waals surface area contributed by atoms with E-state index >= 15 is 0 Å². The van der Waals surface area contributed by atoms with Crippen LogP contribution in [0.4, 0.5) is 0 Å². The van der Waals surface area contributed by atoms with Crippen molar-refractivity contribution in [2.75, 3.05) is 0 Å². The molecule has 1 saturated heterocycles. The molecule has 2 fully saturated rings. The molecule has 0 unspecified atom stereocenters. The smallest absolute Gasteiger partial charge is 0.0111 e. The number of hydrogen-bond donors (Lipinski definition) is 2. The Kier molecular flexibility index (Phi) is 1.46. The van der Waals surface area contributed by atoms with Crippen LogP contribution in [-0.4, -0.2) is 18.1 Å². The fourth-order valence-electron chi connectivity index (χ4n) is 2.55. The Hall–Kier alpha value is -0.0800. The van der Waals surface area contributed by atoms with Gasteiger partial charge in [0, 0.05) is 18.1 Å². The summed E-state index contributed by atoms with van der Waals surface area (Å²) in [5.74, 6) is 0.787. The number of nitrogens with one attached hydrogen (secondary N) is 1. The van der Waals surface area contributed by atoms with Gasteiger partial charge in [-0.05, 0) is 25.2 Å². The minimum atomic E-state index is 0.496. The van der Waals surface area contributed by atoms with Crippen molar-refractivity contribution in [3.63, 3.8) is 0 Å². The summed E-state index contributed by atoms with van der Waals surface area (Å²) in [5, 5.41) is 3.59. The van der Waals surface area contributed by atoms with E-state index in [-0.39, 0.29) is 0 Å². The lowest BCUT2D eigenvalue weighted by molar-refractivity contribution is 0.333. The lowest BCUT2D eigenvalue weighted by Crippen LogP contribution is -2.44. The van der Waals surface area contributed by atoms with Crippen molar-refractivity contribution in [3.05, 3.63) is 0 Å². The average molecular weight is 140 g/mol.